The van der Waals surface area contributed by atoms with E-state index in [-0.39, 0.29) is 18.2 Å². The molecule has 1 aliphatic carbocycles. The first-order chi connectivity index (χ1) is 12.6. The number of carbonyl (C=O) groups is 1. The third-order valence-corrected chi connectivity index (χ3v) is 4.72. The van der Waals surface area contributed by atoms with E-state index in [1.807, 2.05) is 6.92 Å². The number of aromatic nitrogens is 2. The molecule has 0 bridgehead atoms. The van der Waals surface area contributed by atoms with Crippen LogP contribution >= 0.6 is 0 Å². The third-order valence-electron chi connectivity index (χ3n) is 4.72. The number of nitrogens with one attached hydrogen (secondary N) is 1. The number of amides is 1. The summed E-state index contributed by atoms with van der Waals surface area (Å²) in [5.74, 6) is 0.430. The van der Waals surface area contributed by atoms with Gasteiger partial charge in [-0.15, -0.1) is 0 Å². The summed E-state index contributed by atoms with van der Waals surface area (Å²) in [5.41, 5.74) is 1.73. The Hall–Kier alpha value is -2.37. The van der Waals surface area contributed by atoms with Crippen LogP contribution in [0, 0.1) is 11.7 Å². The van der Waals surface area contributed by atoms with E-state index in [0.717, 1.165) is 30.9 Å². The number of ether oxygens (including phenoxy) is 1. The normalized spacial score (nSPS) is 13.7. The molecule has 3 rings (SSSR count). The van der Waals surface area contributed by atoms with Crippen molar-refractivity contribution in [3.8, 4) is 5.75 Å². The predicted octanol–water partition coefficient (Wildman–Crippen LogP) is 3.62. The molecule has 0 atom stereocenters. The minimum atomic E-state index is -0.404. The highest BCUT2D eigenvalue weighted by Crippen LogP contribution is 2.33. The molecule has 1 heterocycles. The van der Waals surface area contributed by atoms with Crippen LogP contribution < -0.4 is 10.1 Å². The average Bonchev–Trinajstić information content (AvgIpc) is 3.38. The molecule has 0 unspecified atom stereocenters. The number of benzene rings is 1. The first-order valence-corrected chi connectivity index (χ1v) is 9.29. The van der Waals surface area contributed by atoms with Gasteiger partial charge >= 0.3 is 0 Å². The lowest BCUT2D eigenvalue weighted by molar-refractivity contribution is 0.0941. The quantitative estimate of drug-likeness (QED) is 0.696. The minimum Gasteiger partial charge on any atom is -0.491 e. The van der Waals surface area contributed by atoms with E-state index in [2.05, 4.69) is 10.4 Å². The lowest BCUT2D eigenvalue weighted by Crippen LogP contribution is -2.25. The van der Waals surface area contributed by atoms with Crippen LogP contribution in [0.15, 0.2) is 24.3 Å². The van der Waals surface area contributed by atoms with E-state index in [1.165, 1.54) is 12.8 Å². The number of hydrogen-bond donors (Lipinski definition) is 1. The van der Waals surface area contributed by atoms with Crippen molar-refractivity contribution in [2.45, 2.75) is 45.6 Å². The molecular formula is C20H26FN3O2. The highest BCUT2D eigenvalue weighted by Gasteiger charge is 2.20. The van der Waals surface area contributed by atoms with E-state index in [1.54, 1.807) is 36.0 Å². The van der Waals surface area contributed by atoms with Crippen molar-refractivity contribution in [1.82, 2.24) is 15.1 Å². The molecule has 140 valence electrons. The van der Waals surface area contributed by atoms with Crippen LogP contribution in [-0.2, 0) is 20.0 Å². The topological polar surface area (TPSA) is 56.1 Å². The lowest BCUT2D eigenvalue weighted by Gasteiger charge is -2.11. The lowest BCUT2D eigenvalue weighted by atomic mass is 10.2. The Balaban J connectivity index is 1.55. The van der Waals surface area contributed by atoms with Gasteiger partial charge in [0.1, 0.15) is 5.69 Å². The summed E-state index contributed by atoms with van der Waals surface area (Å²) in [6.07, 6.45) is 5.50. The second kappa shape index (κ2) is 8.34. The molecule has 0 spiro atoms. The van der Waals surface area contributed by atoms with Crippen LogP contribution in [0.4, 0.5) is 4.39 Å². The minimum absolute atomic E-state index is 0.108. The fraction of sp³-hybridized carbons (Fsp3) is 0.500. The first kappa shape index (κ1) is 18.4. The average molecular weight is 359 g/mol. The molecule has 1 aromatic carbocycles. The van der Waals surface area contributed by atoms with Gasteiger partial charge in [0.25, 0.3) is 5.91 Å². The van der Waals surface area contributed by atoms with Gasteiger partial charge in [0.2, 0.25) is 0 Å². The van der Waals surface area contributed by atoms with Gasteiger partial charge in [0.05, 0.1) is 12.3 Å². The molecule has 2 aromatic rings. The second-order valence-electron chi connectivity index (χ2n) is 6.84. The molecule has 0 radical (unpaired) electrons. The largest absolute Gasteiger partial charge is 0.491 e. The van der Waals surface area contributed by atoms with Gasteiger partial charge < -0.3 is 10.1 Å². The second-order valence-corrected chi connectivity index (χ2v) is 6.84. The Morgan fingerprint density at radius 2 is 2.23 bits per heavy atom. The van der Waals surface area contributed by atoms with Crippen LogP contribution in [0.3, 0.4) is 0 Å². The molecule has 26 heavy (non-hydrogen) atoms. The third kappa shape index (κ3) is 4.62. The number of carbonyl (C=O) groups excluding carboxylic acids is 1. The maximum absolute atomic E-state index is 14.6. The fourth-order valence-corrected chi connectivity index (χ4v) is 2.94. The number of rotatable bonds is 9. The van der Waals surface area contributed by atoms with Crippen LogP contribution in [0.25, 0.3) is 0 Å². The van der Waals surface area contributed by atoms with Crippen molar-refractivity contribution in [3.63, 3.8) is 0 Å². The van der Waals surface area contributed by atoms with Crippen LogP contribution in [-0.4, -0.2) is 22.3 Å². The summed E-state index contributed by atoms with van der Waals surface area (Å²) in [6.45, 7) is 2.62. The molecular weight excluding hydrogens is 333 g/mol. The van der Waals surface area contributed by atoms with Crippen molar-refractivity contribution in [3.05, 3.63) is 47.0 Å². The zero-order valence-electron chi connectivity index (χ0n) is 15.4. The highest BCUT2D eigenvalue weighted by molar-refractivity contribution is 5.92. The molecule has 1 saturated carbocycles. The van der Waals surface area contributed by atoms with Crippen molar-refractivity contribution in [1.29, 1.82) is 0 Å². The van der Waals surface area contributed by atoms with Crippen LogP contribution in [0.1, 0.15) is 54.4 Å². The smallest absolute Gasteiger partial charge is 0.269 e. The molecule has 0 saturated heterocycles. The number of hydrogen-bond acceptors (Lipinski definition) is 3. The Kier molecular flexibility index (Phi) is 5.91. The molecule has 1 fully saturated rings. The fourth-order valence-electron chi connectivity index (χ4n) is 2.94. The molecule has 6 heteroatoms. The Labute approximate surface area is 153 Å². The highest BCUT2D eigenvalue weighted by atomic mass is 19.1. The van der Waals surface area contributed by atoms with Gasteiger partial charge in [-0.3, -0.25) is 9.48 Å². The van der Waals surface area contributed by atoms with E-state index in [0.29, 0.717) is 17.9 Å². The Morgan fingerprint density at radius 1 is 1.42 bits per heavy atom. The standard InChI is InChI=1S/C20H26FN3O2/c1-3-16-12-17(24(2)23-16)20(25)22-13-15-7-4-8-18(19(15)21)26-11-5-6-14-9-10-14/h4,7-8,12,14H,3,5-6,9-11,13H2,1-2H3,(H,22,25). The molecule has 1 aromatic heterocycles. The molecule has 1 amide bonds. The van der Waals surface area contributed by atoms with E-state index < -0.39 is 5.82 Å². The predicted molar refractivity (Wildman–Crippen MR) is 97.6 cm³/mol. The van der Waals surface area contributed by atoms with Gasteiger partial charge in [-0.2, -0.15) is 5.10 Å². The van der Waals surface area contributed by atoms with Gasteiger partial charge in [-0.25, -0.2) is 4.39 Å². The number of aryl methyl sites for hydroxylation is 2. The van der Waals surface area contributed by atoms with Crippen LogP contribution in [0.2, 0.25) is 0 Å². The first-order valence-electron chi connectivity index (χ1n) is 9.29. The summed E-state index contributed by atoms with van der Waals surface area (Å²) >= 11 is 0. The zero-order valence-corrected chi connectivity index (χ0v) is 15.4. The summed E-state index contributed by atoms with van der Waals surface area (Å²) < 4.78 is 21.7. The number of halogens is 1. The maximum atomic E-state index is 14.6. The summed E-state index contributed by atoms with van der Waals surface area (Å²) in [6, 6.07) is 6.80. The Morgan fingerprint density at radius 3 is 2.92 bits per heavy atom. The molecule has 1 aliphatic rings. The van der Waals surface area contributed by atoms with Crippen molar-refractivity contribution in [2.75, 3.05) is 6.61 Å². The van der Waals surface area contributed by atoms with Crippen molar-refractivity contribution in [2.24, 2.45) is 13.0 Å². The summed E-state index contributed by atoms with van der Waals surface area (Å²) in [5, 5.41) is 7.01. The van der Waals surface area contributed by atoms with Gasteiger partial charge in [0.15, 0.2) is 11.6 Å². The van der Waals surface area contributed by atoms with Crippen molar-refractivity contribution < 1.29 is 13.9 Å². The Bertz CT molecular complexity index is 768. The number of nitrogens with zero attached hydrogens (tertiary/aromatic N) is 2. The summed E-state index contributed by atoms with van der Waals surface area (Å²) in [4.78, 5) is 12.3. The molecule has 0 aliphatic heterocycles. The van der Waals surface area contributed by atoms with Gasteiger partial charge in [0, 0.05) is 19.2 Å². The van der Waals surface area contributed by atoms with E-state index >= 15 is 0 Å². The van der Waals surface area contributed by atoms with E-state index in [4.69, 9.17) is 4.74 Å². The van der Waals surface area contributed by atoms with E-state index in [9.17, 15) is 9.18 Å². The van der Waals surface area contributed by atoms with Gasteiger partial charge in [-0.1, -0.05) is 31.9 Å². The molecule has 5 nitrogen and oxygen atoms in total. The molecule has 1 N–H and O–H groups in total. The summed E-state index contributed by atoms with van der Waals surface area (Å²) in [7, 11) is 1.73. The van der Waals surface area contributed by atoms with Crippen molar-refractivity contribution >= 4 is 5.91 Å². The van der Waals surface area contributed by atoms with Crippen LogP contribution in [0.5, 0.6) is 5.75 Å². The zero-order chi connectivity index (χ0) is 18.5. The monoisotopic (exact) mass is 359 g/mol. The van der Waals surface area contributed by atoms with Gasteiger partial charge in [-0.05, 0) is 37.3 Å². The maximum Gasteiger partial charge on any atom is 0.269 e. The SMILES string of the molecule is CCc1cc(C(=O)NCc2cccc(OCCCC3CC3)c2F)n(C)n1.